The van der Waals surface area contributed by atoms with Crippen LogP contribution >= 0.6 is 11.3 Å². The van der Waals surface area contributed by atoms with E-state index < -0.39 is 0 Å². The molecule has 3 aliphatic heterocycles. The van der Waals surface area contributed by atoms with Gasteiger partial charge >= 0.3 is 0 Å². The molecule has 2 aromatic rings. The van der Waals surface area contributed by atoms with Gasteiger partial charge in [-0.1, -0.05) is 13.8 Å². The molecular weight excluding hydrogens is 460 g/mol. The highest BCUT2D eigenvalue weighted by molar-refractivity contribution is 7.09. The fraction of sp³-hybridized carbons (Fsp3) is 0.692. The van der Waals surface area contributed by atoms with Crippen LogP contribution in [0, 0.1) is 12.8 Å². The smallest absolute Gasteiger partial charge is 0.225 e. The molecule has 190 valence electrons. The third-order valence-electron chi connectivity index (χ3n) is 8.11. The van der Waals surface area contributed by atoms with Gasteiger partial charge in [-0.3, -0.25) is 19.5 Å². The molecule has 0 saturated carbocycles. The Morgan fingerprint density at radius 3 is 2.57 bits per heavy atom. The van der Waals surface area contributed by atoms with Crippen LogP contribution in [0.25, 0.3) is 0 Å². The normalized spacial score (nSPS) is 25.1. The number of nitrogens with one attached hydrogen (secondary N) is 1. The van der Waals surface area contributed by atoms with E-state index in [0.29, 0.717) is 24.7 Å². The summed E-state index contributed by atoms with van der Waals surface area (Å²) in [6.45, 7) is 10.1. The van der Waals surface area contributed by atoms with Gasteiger partial charge in [-0.2, -0.15) is 0 Å². The zero-order valence-corrected chi connectivity index (χ0v) is 22.2. The number of carbonyl (C=O) groups excluding carboxylic acids is 2. The summed E-state index contributed by atoms with van der Waals surface area (Å²) in [5, 5.41) is 3.13. The number of nitrogens with zero attached hydrogens (tertiary/aromatic N) is 5. The molecule has 2 amide bonds. The lowest BCUT2D eigenvalue weighted by atomic mass is 9.95. The second-order valence-electron chi connectivity index (χ2n) is 10.8. The maximum Gasteiger partial charge on any atom is 0.225 e. The molecule has 5 heterocycles. The number of rotatable bonds is 7. The second-order valence-corrected chi connectivity index (χ2v) is 11.7. The fourth-order valence-corrected chi connectivity index (χ4v) is 7.31. The van der Waals surface area contributed by atoms with Gasteiger partial charge in [0.1, 0.15) is 5.82 Å². The van der Waals surface area contributed by atoms with Crippen LogP contribution in [0.2, 0.25) is 0 Å². The molecule has 3 atom stereocenters. The van der Waals surface area contributed by atoms with Gasteiger partial charge in [0.2, 0.25) is 11.8 Å². The Morgan fingerprint density at radius 2 is 1.94 bits per heavy atom. The third kappa shape index (κ3) is 4.89. The molecule has 0 aliphatic carbocycles. The molecule has 5 rings (SSSR count). The first-order chi connectivity index (χ1) is 16.8. The van der Waals surface area contributed by atoms with Crippen LogP contribution in [-0.4, -0.2) is 61.3 Å². The van der Waals surface area contributed by atoms with Crippen molar-refractivity contribution in [1.82, 2.24) is 29.7 Å². The molecule has 2 saturated heterocycles. The Bertz CT molecular complexity index is 1050. The zero-order chi connectivity index (χ0) is 24.7. The predicted molar refractivity (Wildman–Crippen MR) is 136 cm³/mol. The van der Waals surface area contributed by atoms with Crippen LogP contribution in [0.15, 0.2) is 11.7 Å². The number of fused-ring (bicyclic) bond motifs is 3. The summed E-state index contributed by atoms with van der Waals surface area (Å²) in [6, 6.07) is 1.69. The van der Waals surface area contributed by atoms with Crippen LogP contribution in [0.1, 0.15) is 87.0 Å². The molecular formula is C26H38N6O2S. The molecule has 0 spiro atoms. The van der Waals surface area contributed by atoms with E-state index in [2.05, 4.69) is 26.7 Å². The average molecular weight is 499 g/mol. The summed E-state index contributed by atoms with van der Waals surface area (Å²) in [5.41, 5.74) is 4.29. The first-order valence-corrected chi connectivity index (χ1v) is 14.0. The minimum atomic E-state index is 0.0131. The minimum Gasteiger partial charge on any atom is -0.349 e. The number of aromatic nitrogens is 3. The number of thiazole rings is 1. The van der Waals surface area contributed by atoms with Crippen LogP contribution < -0.4 is 5.32 Å². The number of hydrogen-bond donors (Lipinski definition) is 1. The lowest BCUT2D eigenvalue weighted by molar-refractivity contribution is -0.135. The number of carbonyl (C=O) groups is 2. The molecule has 8 nitrogen and oxygen atoms in total. The van der Waals surface area contributed by atoms with Crippen molar-refractivity contribution in [3.8, 4) is 0 Å². The number of amides is 2. The van der Waals surface area contributed by atoms with E-state index in [1.54, 1.807) is 18.3 Å². The topological polar surface area (TPSA) is 83.4 Å². The first kappa shape index (κ1) is 24.4. The molecule has 2 fully saturated rings. The lowest BCUT2D eigenvalue weighted by Crippen LogP contribution is -2.45. The van der Waals surface area contributed by atoms with Gasteiger partial charge in [-0.15, -0.1) is 11.3 Å². The van der Waals surface area contributed by atoms with Crippen molar-refractivity contribution in [3.63, 3.8) is 0 Å². The van der Waals surface area contributed by atoms with Crippen molar-refractivity contribution < 1.29 is 9.59 Å². The van der Waals surface area contributed by atoms with Crippen molar-refractivity contribution in [2.24, 2.45) is 5.92 Å². The standard InChI is InChI=1S/C26H38N6O2S/c1-16(2)26(34)30-9-8-24-23(14-30)28-17(3)32(24)21-11-19-5-6-20(12-21)31(19)10-7-22(29-18(4)33)25-13-27-15-35-25/h13,15-16,19-22H,5-12,14H2,1-4H3,(H,29,33)/t19?,20?,21?,22-/m0/s1. The number of aryl methyl sites for hydroxylation is 1. The first-order valence-electron chi connectivity index (χ1n) is 13.1. The molecule has 35 heavy (non-hydrogen) atoms. The number of piperidine rings is 1. The molecule has 0 aromatic carbocycles. The Balaban J connectivity index is 1.26. The molecule has 9 heteroatoms. The largest absolute Gasteiger partial charge is 0.349 e. The SMILES string of the molecule is CC(=O)N[C@@H](CCN1C2CCC1CC(n1c(C)nc3c1CCN(C(=O)C(C)C)C3)C2)c1cncs1. The quantitative estimate of drug-likeness (QED) is 0.630. The molecule has 1 N–H and O–H groups in total. The average Bonchev–Trinajstić information content (AvgIpc) is 3.51. The summed E-state index contributed by atoms with van der Waals surface area (Å²) in [7, 11) is 0. The molecule has 3 aliphatic rings. The van der Waals surface area contributed by atoms with Crippen molar-refractivity contribution >= 4 is 23.2 Å². The summed E-state index contributed by atoms with van der Waals surface area (Å²) in [6.07, 6.45) is 8.50. The molecule has 2 aromatic heterocycles. The minimum absolute atomic E-state index is 0.0131. The van der Waals surface area contributed by atoms with Gasteiger partial charge in [0.15, 0.2) is 0 Å². The fourth-order valence-electron chi connectivity index (χ4n) is 6.61. The zero-order valence-electron chi connectivity index (χ0n) is 21.4. The van der Waals surface area contributed by atoms with E-state index in [-0.39, 0.29) is 23.8 Å². The van der Waals surface area contributed by atoms with Crippen LogP contribution in [0.5, 0.6) is 0 Å². The third-order valence-corrected chi connectivity index (χ3v) is 9.00. The highest BCUT2D eigenvalue weighted by Crippen LogP contribution is 2.43. The van der Waals surface area contributed by atoms with Crippen molar-refractivity contribution in [1.29, 1.82) is 0 Å². The van der Waals surface area contributed by atoms with Crippen LogP contribution in [0.3, 0.4) is 0 Å². The Labute approximate surface area is 212 Å². The van der Waals surface area contributed by atoms with E-state index >= 15 is 0 Å². The van der Waals surface area contributed by atoms with Crippen molar-refractivity contribution in [2.75, 3.05) is 13.1 Å². The van der Waals surface area contributed by atoms with Gasteiger partial charge in [0.05, 0.1) is 23.8 Å². The van der Waals surface area contributed by atoms with Crippen LogP contribution in [0.4, 0.5) is 0 Å². The monoisotopic (exact) mass is 498 g/mol. The number of hydrogen-bond acceptors (Lipinski definition) is 6. The maximum absolute atomic E-state index is 12.5. The molecule has 2 bridgehead atoms. The summed E-state index contributed by atoms with van der Waals surface area (Å²) in [4.78, 5) is 39.3. The Hall–Kier alpha value is -2.26. The van der Waals surface area contributed by atoms with E-state index in [0.717, 1.165) is 55.2 Å². The highest BCUT2D eigenvalue weighted by Gasteiger charge is 2.42. The Kier molecular flexibility index (Phi) is 6.99. The summed E-state index contributed by atoms with van der Waals surface area (Å²) < 4.78 is 2.52. The van der Waals surface area contributed by atoms with Gasteiger partial charge < -0.3 is 14.8 Å². The predicted octanol–water partition coefficient (Wildman–Crippen LogP) is 3.62. The summed E-state index contributed by atoms with van der Waals surface area (Å²) >= 11 is 1.61. The van der Waals surface area contributed by atoms with E-state index in [9.17, 15) is 9.59 Å². The number of imidazole rings is 1. The lowest BCUT2D eigenvalue weighted by Gasteiger charge is -2.41. The van der Waals surface area contributed by atoms with E-state index in [4.69, 9.17) is 4.98 Å². The van der Waals surface area contributed by atoms with Crippen molar-refractivity contribution in [3.05, 3.63) is 33.8 Å². The van der Waals surface area contributed by atoms with E-state index in [1.165, 1.54) is 18.5 Å². The Morgan fingerprint density at radius 1 is 1.20 bits per heavy atom. The highest BCUT2D eigenvalue weighted by atomic mass is 32.1. The maximum atomic E-state index is 12.5. The van der Waals surface area contributed by atoms with E-state index in [1.807, 2.05) is 30.5 Å². The van der Waals surface area contributed by atoms with Gasteiger partial charge in [0, 0.05) is 67.2 Å². The molecule has 2 unspecified atom stereocenters. The van der Waals surface area contributed by atoms with Crippen molar-refractivity contribution in [2.45, 2.75) is 96.9 Å². The van der Waals surface area contributed by atoms with Gasteiger partial charge in [-0.25, -0.2) is 4.98 Å². The van der Waals surface area contributed by atoms with Gasteiger partial charge in [-0.05, 0) is 39.0 Å². The van der Waals surface area contributed by atoms with Gasteiger partial charge in [0.25, 0.3) is 0 Å². The summed E-state index contributed by atoms with van der Waals surface area (Å²) in [5.74, 6) is 1.37. The molecule has 0 radical (unpaired) electrons. The second kappa shape index (κ2) is 10.0. The van der Waals surface area contributed by atoms with Crippen LogP contribution in [-0.2, 0) is 22.6 Å².